The first-order chi connectivity index (χ1) is 13.3. The number of ether oxygens (including phenoxy) is 2. The third-order valence-corrected chi connectivity index (χ3v) is 5.45. The van der Waals surface area contributed by atoms with Gasteiger partial charge in [0.25, 0.3) is 5.91 Å². The fraction of sp³-hybridized carbons (Fsp3) is 0.421. The number of rotatable bonds is 7. The van der Waals surface area contributed by atoms with E-state index in [4.69, 9.17) is 14.5 Å². The summed E-state index contributed by atoms with van der Waals surface area (Å²) in [6.07, 6.45) is 1.84. The van der Waals surface area contributed by atoms with Gasteiger partial charge in [-0.05, 0) is 33.2 Å². The number of carbonyl (C=O) groups excluding carboxylic acids is 1. The minimum atomic E-state index is -0.170. The van der Waals surface area contributed by atoms with Crippen LogP contribution in [0.15, 0.2) is 18.3 Å². The van der Waals surface area contributed by atoms with Gasteiger partial charge in [-0.1, -0.05) is 11.3 Å². The summed E-state index contributed by atoms with van der Waals surface area (Å²) in [5.74, 6) is 1.18. The van der Waals surface area contributed by atoms with Gasteiger partial charge in [-0.25, -0.2) is 4.98 Å². The van der Waals surface area contributed by atoms with E-state index in [0.29, 0.717) is 40.9 Å². The summed E-state index contributed by atoms with van der Waals surface area (Å²) in [6.45, 7) is 3.07. The van der Waals surface area contributed by atoms with Crippen molar-refractivity contribution in [1.82, 2.24) is 19.7 Å². The number of aromatic nitrogens is 3. The lowest BCUT2D eigenvalue weighted by Gasteiger charge is -2.21. The van der Waals surface area contributed by atoms with Crippen LogP contribution >= 0.6 is 11.3 Å². The van der Waals surface area contributed by atoms with Gasteiger partial charge in [-0.2, -0.15) is 5.10 Å². The molecule has 8 nitrogen and oxygen atoms in total. The third-order valence-electron chi connectivity index (χ3n) is 4.36. The summed E-state index contributed by atoms with van der Waals surface area (Å²) in [4.78, 5) is 21.7. The van der Waals surface area contributed by atoms with Crippen LogP contribution in [0, 0.1) is 6.92 Å². The molecule has 0 N–H and O–H groups in total. The highest BCUT2D eigenvalue weighted by atomic mass is 32.1. The Labute approximate surface area is 168 Å². The van der Waals surface area contributed by atoms with Crippen molar-refractivity contribution < 1.29 is 14.3 Å². The number of nitrogens with zero attached hydrogens (tertiary/aromatic N) is 5. The van der Waals surface area contributed by atoms with E-state index in [1.165, 1.54) is 11.3 Å². The second-order valence-electron chi connectivity index (χ2n) is 6.74. The number of benzene rings is 1. The van der Waals surface area contributed by atoms with Gasteiger partial charge in [0, 0.05) is 31.9 Å². The van der Waals surface area contributed by atoms with Crippen molar-refractivity contribution in [3.8, 4) is 11.5 Å². The first-order valence-corrected chi connectivity index (χ1v) is 9.65. The maximum absolute atomic E-state index is 13.3. The van der Waals surface area contributed by atoms with Gasteiger partial charge in [-0.3, -0.25) is 14.4 Å². The van der Waals surface area contributed by atoms with Crippen LogP contribution in [0.4, 0.5) is 5.13 Å². The maximum Gasteiger partial charge on any atom is 0.280 e. The number of hydrogen-bond acceptors (Lipinski definition) is 7. The van der Waals surface area contributed by atoms with Crippen LogP contribution in [0.5, 0.6) is 11.5 Å². The van der Waals surface area contributed by atoms with E-state index < -0.39 is 0 Å². The number of thiazole rings is 1. The van der Waals surface area contributed by atoms with Crippen LogP contribution in [0.2, 0.25) is 0 Å². The molecule has 0 saturated carbocycles. The number of amides is 1. The lowest BCUT2D eigenvalue weighted by atomic mass is 10.2. The Balaban J connectivity index is 2.09. The van der Waals surface area contributed by atoms with Crippen LogP contribution in [0.25, 0.3) is 10.2 Å². The molecule has 0 fully saturated rings. The summed E-state index contributed by atoms with van der Waals surface area (Å²) < 4.78 is 13.4. The molecule has 2 heterocycles. The van der Waals surface area contributed by atoms with Gasteiger partial charge in [0.2, 0.25) is 0 Å². The van der Waals surface area contributed by atoms with Crippen LogP contribution < -0.4 is 14.4 Å². The van der Waals surface area contributed by atoms with Crippen molar-refractivity contribution in [1.29, 1.82) is 0 Å². The number of carbonyl (C=O) groups is 1. The molecule has 0 aliphatic heterocycles. The van der Waals surface area contributed by atoms with E-state index in [2.05, 4.69) is 5.10 Å². The highest BCUT2D eigenvalue weighted by Gasteiger charge is 2.26. The molecular weight excluding hydrogens is 378 g/mol. The minimum absolute atomic E-state index is 0.170. The number of aryl methyl sites for hydroxylation is 2. The summed E-state index contributed by atoms with van der Waals surface area (Å²) in [7, 11) is 8.97. The predicted octanol–water partition coefficient (Wildman–Crippen LogP) is 2.56. The maximum atomic E-state index is 13.3. The summed E-state index contributed by atoms with van der Waals surface area (Å²) in [5.41, 5.74) is 1.94. The molecule has 150 valence electrons. The standard InChI is InChI=1S/C19H25N5O3S/c1-12-11-23(4)21-15(12)18(25)24(10-9-22(2)3)19-20-16-13(26-5)7-8-14(27-6)17(16)28-19/h7-8,11H,9-10H2,1-6H3. The number of fused-ring (bicyclic) bond motifs is 1. The van der Waals surface area contributed by atoms with Gasteiger partial charge < -0.3 is 14.4 Å². The van der Waals surface area contributed by atoms with Crippen molar-refractivity contribution >= 4 is 32.6 Å². The average molecular weight is 404 g/mol. The quantitative estimate of drug-likeness (QED) is 0.604. The Morgan fingerprint density at radius 2 is 1.86 bits per heavy atom. The molecule has 0 aliphatic carbocycles. The average Bonchev–Trinajstić information content (AvgIpc) is 3.23. The zero-order valence-electron chi connectivity index (χ0n) is 17.0. The lowest BCUT2D eigenvalue weighted by Crippen LogP contribution is -2.37. The Morgan fingerprint density at radius 1 is 1.18 bits per heavy atom. The van der Waals surface area contributed by atoms with Gasteiger partial charge in [0.05, 0.1) is 14.2 Å². The molecule has 0 radical (unpaired) electrons. The molecule has 1 amide bonds. The smallest absolute Gasteiger partial charge is 0.280 e. The second-order valence-corrected chi connectivity index (χ2v) is 7.72. The zero-order valence-corrected chi connectivity index (χ0v) is 17.8. The van der Waals surface area contributed by atoms with Crippen molar-refractivity contribution in [3.63, 3.8) is 0 Å². The van der Waals surface area contributed by atoms with Crippen molar-refractivity contribution in [3.05, 3.63) is 29.6 Å². The van der Waals surface area contributed by atoms with E-state index >= 15 is 0 Å². The minimum Gasteiger partial charge on any atom is -0.495 e. The van der Waals surface area contributed by atoms with E-state index in [1.54, 1.807) is 30.8 Å². The van der Waals surface area contributed by atoms with Crippen molar-refractivity contribution in [2.24, 2.45) is 7.05 Å². The Kier molecular flexibility index (Phi) is 5.85. The second kappa shape index (κ2) is 8.15. The van der Waals surface area contributed by atoms with Crippen molar-refractivity contribution in [2.45, 2.75) is 6.92 Å². The van der Waals surface area contributed by atoms with Crippen LogP contribution in [-0.2, 0) is 7.05 Å². The molecule has 3 rings (SSSR count). The monoisotopic (exact) mass is 403 g/mol. The molecule has 3 aromatic rings. The predicted molar refractivity (Wildman–Crippen MR) is 111 cm³/mol. The Bertz CT molecular complexity index is 954. The number of hydrogen-bond donors (Lipinski definition) is 0. The third kappa shape index (κ3) is 3.81. The largest absolute Gasteiger partial charge is 0.495 e. The fourth-order valence-electron chi connectivity index (χ4n) is 2.92. The molecule has 0 spiro atoms. The molecule has 9 heteroatoms. The molecule has 1 aromatic carbocycles. The molecule has 0 atom stereocenters. The summed E-state index contributed by atoms with van der Waals surface area (Å²) >= 11 is 1.41. The molecular formula is C19H25N5O3S. The van der Waals surface area contributed by atoms with Gasteiger partial charge >= 0.3 is 0 Å². The molecule has 0 saturated heterocycles. The van der Waals surface area contributed by atoms with Crippen LogP contribution in [0.3, 0.4) is 0 Å². The summed E-state index contributed by atoms with van der Waals surface area (Å²) in [6, 6.07) is 3.66. The molecule has 0 unspecified atom stereocenters. The highest BCUT2D eigenvalue weighted by Crippen LogP contribution is 2.40. The number of anilines is 1. The Morgan fingerprint density at radius 3 is 2.43 bits per heavy atom. The van der Waals surface area contributed by atoms with Crippen LogP contribution in [-0.4, -0.2) is 67.0 Å². The lowest BCUT2D eigenvalue weighted by molar-refractivity contribution is 0.0979. The molecule has 28 heavy (non-hydrogen) atoms. The molecule has 0 aliphatic rings. The van der Waals surface area contributed by atoms with E-state index in [0.717, 1.165) is 10.3 Å². The normalized spacial score (nSPS) is 11.2. The van der Waals surface area contributed by atoms with E-state index in [9.17, 15) is 4.79 Å². The number of likely N-dealkylation sites (N-methyl/N-ethyl adjacent to an activating group) is 1. The summed E-state index contributed by atoms with van der Waals surface area (Å²) in [5, 5.41) is 4.94. The zero-order chi connectivity index (χ0) is 20.4. The van der Waals surface area contributed by atoms with Crippen molar-refractivity contribution in [2.75, 3.05) is 46.3 Å². The fourth-order valence-corrected chi connectivity index (χ4v) is 4.02. The molecule has 2 aromatic heterocycles. The first-order valence-electron chi connectivity index (χ1n) is 8.84. The van der Waals surface area contributed by atoms with Gasteiger partial charge in [-0.15, -0.1) is 0 Å². The Hall–Kier alpha value is -2.65. The first kappa shape index (κ1) is 20.1. The topological polar surface area (TPSA) is 72.7 Å². The molecule has 0 bridgehead atoms. The van der Waals surface area contributed by atoms with E-state index in [1.807, 2.05) is 44.2 Å². The highest BCUT2D eigenvalue weighted by molar-refractivity contribution is 7.22. The number of methoxy groups -OCH3 is 2. The SMILES string of the molecule is COc1ccc(OC)c2sc(N(CCN(C)C)C(=O)c3nn(C)cc3C)nc12. The van der Waals surface area contributed by atoms with Crippen LogP contribution in [0.1, 0.15) is 16.1 Å². The van der Waals surface area contributed by atoms with Gasteiger partial charge in [0.1, 0.15) is 21.7 Å². The van der Waals surface area contributed by atoms with Gasteiger partial charge in [0.15, 0.2) is 10.8 Å². The van der Waals surface area contributed by atoms with E-state index in [-0.39, 0.29) is 5.91 Å².